The van der Waals surface area contributed by atoms with Gasteiger partial charge in [-0.25, -0.2) is 0 Å². The lowest BCUT2D eigenvalue weighted by atomic mass is 10.0. The molecule has 0 radical (unpaired) electrons. The molecule has 0 aliphatic carbocycles. The van der Waals surface area contributed by atoms with Crippen molar-refractivity contribution in [2.24, 2.45) is 0 Å². The molecule has 2 fully saturated rings. The third-order valence-corrected chi connectivity index (χ3v) is 5.70. The molecule has 1 aromatic rings. The van der Waals surface area contributed by atoms with Crippen LogP contribution in [-0.4, -0.2) is 71.2 Å². The zero-order valence-electron chi connectivity index (χ0n) is 13.4. The van der Waals surface area contributed by atoms with Crippen LogP contribution in [0.25, 0.3) is 0 Å². The van der Waals surface area contributed by atoms with Crippen LogP contribution in [0.4, 0.5) is 18.3 Å². The van der Waals surface area contributed by atoms with Gasteiger partial charge in [0, 0.05) is 52.2 Å². The molecule has 0 bridgehead atoms. The van der Waals surface area contributed by atoms with Gasteiger partial charge in [-0.1, -0.05) is 11.3 Å². The van der Waals surface area contributed by atoms with E-state index in [9.17, 15) is 18.0 Å². The Morgan fingerprint density at radius 1 is 1.08 bits per heavy atom. The predicted octanol–water partition coefficient (Wildman–Crippen LogP) is 1.69. The lowest BCUT2D eigenvalue weighted by Crippen LogP contribution is -2.53. The monoisotopic (exact) mass is 363 g/mol. The zero-order valence-corrected chi connectivity index (χ0v) is 14.2. The van der Waals surface area contributed by atoms with Crippen LogP contribution >= 0.6 is 11.3 Å². The van der Waals surface area contributed by atoms with Crippen LogP contribution in [-0.2, 0) is 11.0 Å². The van der Waals surface area contributed by atoms with Crippen molar-refractivity contribution in [1.82, 2.24) is 20.0 Å². The number of anilines is 1. The first-order valence-electron chi connectivity index (χ1n) is 8.00. The molecule has 0 unspecified atom stereocenters. The minimum atomic E-state index is -4.43. The second-order valence-electron chi connectivity index (χ2n) is 6.15. The van der Waals surface area contributed by atoms with Crippen molar-refractivity contribution < 1.29 is 18.0 Å². The summed E-state index contributed by atoms with van der Waals surface area (Å²) < 4.78 is 37.8. The molecule has 10 heteroatoms. The van der Waals surface area contributed by atoms with E-state index < -0.39 is 11.2 Å². The number of carbonyl (C=O) groups is 1. The van der Waals surface area contributed by atoms with Crippen LogP contribution in [0.2, 0.25) is 0 Å². The first kappa shape index (κ1) is 17.4. The molecule has 1 amide bonds. The minimum Gasteiger partial charge on any atom is -0.344 e. The Hall–Kier alpha value is -1.42. The molecule has 0 atom stereocenters. The molecule has 0 aromatic carbocycles. The van der Waals surface area contributed by atoms with Crippen molar-refractivity contribution in [3.05, 3.63) is 5.01 Å². The minimum absolute atomic E-state index is 0.120. The van der Waals surface area contributed by atoms with Crippen LogP contribution in [0.15, 0.2) is 0 Å². The van der Waals surface area contributed by atoms with Crippen molar-refractivity contribution in [2.45, 2.75) is 32.0 Å². The number of rotatable bonds is 2. The summed E-state index contributed by atoms with van der Waals surface area (Å²) in [4.78, 5) is 17.5. The van der Waals surface area contributed by atoms with Crippen LogP contribution in [0.1, 0.15) is 24.8 Å². The smallest absolute Gasteiger partial charge is 0.344 e. The van der Waals surface area contributed by atoms with Crippen molar-refractivity contribution in [3.8, 4) is 0 Å². The van der Waals surface area contributed by atoms with Crippen molar-refractivity contribution in [1.29, 1.82) is 0 Å². The summed E-state index contributed by atoms with van der Waals surface area (Å²) in [5, 5.41) is 6.38. The number of piperazine rings is 1. The van der Waals surface area contributed by atoms with E-state index in [0.717, 1.165) is 39.0 Å². The second kappa shape index (κ2) is 6.83. The van der Waals surface area contributed by atoms with E-state index in [1.54, 1.807) is 6.92 Å². The number of amides is 1. The summed E-state index contributed by atoms with van der Waals surface area (Å²) in [7, 11) is 0. The number of hydrogen-bond acceptors (Lipinski definition) is 6. The van der Waals surface area contributed by atoms with Gasteiger partial charge < -0.3 is 9.80 Å². The molecule has 0 spiro atoms. The van der Waals surface area contributed by atoms with Crippen LogP contribution in [0.3, 0.4) is 0 Å². The third kappa shape index (κ3) is 3.80. The highest BCUT2D eigenvalue weighted by Gasteiger charge is 2.37. The Balaban J connectivity index is 1.51. The molecule has 1 aromatic heterocycles. The number of halogens is 3. The highest BCUT2D eigenvalue weighted by molar-refractivity contribution is 7.15. The largest absolute Gasteiger partial charge is 0.445 e. The summed E-state index contributed by atoms with van der Waals surface area (Å²) in [5.41, 5.74) is 0. The number of hydrogen-bond donors (Lipinski definition) is 0. The standard InChI is InChI=1S/C14H20F3N5OS/c1-10(23)20-4-2-11(3-5-20)21-6-8-22(9-7-21)13-19-18-12(24-13)14(15,16)17/h11H,2-9H2,1H3. The first-order chi connectivity index (χ1) is 11.3. The average Bonchev–Trinajstić information content (AvgIpc) is 3.05. The van der Waals surface area contributed by atoms with Gasteiger partial charge in [0.25, 0.3) is 0 Å². The lowest BCUT2D eigenvalue weighted by molar-refractivity contribution is -0.138. The molecule has 134 valence electrons. The van der Waals surface area contributed by atoms with Gasteiger partial charge in [0.15, 0.2) is 0 Å². The fourth-order valence-corrected chi connectivity index (χ4v) is 4.05. The van der Waals surface area contributed by atoms with E-state index >= 15 is 0 Å². The maximum absolute atomic E-state index is 12.6. The van der Waals surface area contributed by atoms with Crippen molar-refractivity contribution in [2.75, 3.05) is 44.2 Å². The fraction of sp³-hybridized carbons (Fsp3) is 0.786. The number of carbonyl (C=O) groups excluding carboxylic acids is 1. The van der Waals surface area contributed by atoms with Gasteiger partial charge in [0.05, 0.1) is 0 Å². The number of alkyl halides is 3. The molecular weight excluding hydrogens is 343 g/mol. The molecule has 3 rings (SSSR count). The molecule has 2 aliphatic rings. The number of piperidine rings is 1. The van der Waals surface area contributed by atoms with Gasteiger partial charge in [0.1, 0.15) is 0 Å². The van der Waals surface area contributed by atoms with E-state index in [1.807, 2.05) is 9.80 Å². The topological polar surface area (TPSA) is 52.6 Å². The van der Waals surface area contributed by atoms with E-state index in [-0.39, 0.29) is 5.91 Å². The third-order valence-electron chi connectivity index (χ3n) is 4.67. The van der Waals surface area contributed by atoms with E-state index in [0.29, 0.717) is 35.6 Å². The highest BCUT2D eigenvalue weighted by Crippen LogP contribution is 2.34. The van der Waals surface area contributed by atoms with E-state index in [2.05, 4.69) is 15.1 Å². The average molecular weight is 363 g/mol. The van der Waals surface area contributed by atoms with Gasteiger partial charge >= 0.3 is 6.18 Å². The molecule has 0 saturated carbocycles. The molecular formula is C14H20F3N5OS. The summed E-state index contributed by atoms with van der Waals surface area (Å²) in [6, 6.07) is 0.447. The molecule has 2 saturated heterocycles. The molecule has 24 heavy (non-hydrogen) atoms. The van der Waals surface area contributed by atoms with Crippen LogP contribution in [0.5, 0.6) is 0 Å². The fourth-order valence-electron chi connectivity index (χ4n) is 3.28. The Kier molecular flexibility index (Phi) is 4.95. The van der Waals surface area contributed by atoms with Gasteiger partial charge in [0.2, 0.25) is 16.0 Å². The number of aromatic nitrogens is 2. The Morgan fingerprint density at radius 2 is 1.71 bits per heavy atom. The molecule has 0 N–H and O–H groups in total. The van der Waals surface area contributed by atoms with E-state index in [1.165, 1.54) is 0 Å². The lowest BCUT2D eigenvalue weighted by Gasteiger charge is -2.42. The quantitative estimate of drug-likeness (QED) is 0.800. The van der Waals surface area contributed by atoms with Gasteiger partial charge in [-0.3, -0.25) is 9.69 Å². The van der Waals surface area contributed by atoms with Crippen molar-refractivity contribution >= 4 is 22.4 Å². The summed E-state index contributed by atoms with van der Waals surface area (Å²) in [6.45, 7) is 6.06. The summed E-state index contributed by atoms with van der Waals surface area (Å²) >= 11 is 0.603. The normalized spacial score (nSPS) is 21.3. The maximum Gasteiger partial charge on any atom is 0.445 e. The zero-order chi connectivity index (χ0) is 17.3. The first-order valence-corrected chi connectivity index (χ1v) is 8.81. The predicted molar refractivity (Wildman–Crippen MR) is 84.0 cm³/mol. The van der Waals surface area contributed by atoms with Crippen LogP contribution < -0.4 is 4.90 Å². The van der Waals surface area contributed by atoms with Crippen LogP contribution in [0, 0.1) is 0 Å². The van der Waals surface area contributed by atoms with Gasteiger partial charge in [-0.2, -0.15) is 13.2 Å². The molecule has 3 heterocycles. The van der Waals surface area contributed by atoms with Gasteiger partial charge in [-0.15, -0.1) is 10.2 Å². The summed E-state index contributed by atoms with van der Waals surface area (Å²) in [6.07, 6.45) is -2.52. The highest BCUT2D eigenvalue weighted by atomic mass is 32.1. The Labute approximate surface area is 142 Å². The van der Waals surface area contributed by atoms with Gasteiger partial charge in [-0.05, 0) is 12.8 Å². The number of likely N-dealkylation sites (tertiary alicyclic amines) is 1. The number of nitrogens with zero attached hydrogens (tertiary/aromatic N) is 5. The summed E-state index contributed by atoms with van der Waals surface area (Å²) in [5.74, 6) is 0.120. The SMILES string of the molecule is CC(=O)N1CCC(N2CCN(c3nnc(C(F)(F)F)s3)CC2)CC1. The van der Waals surface area contributed by atoms with Crippen molar-refractivity contribution in [3.63, 3.8) is 0 Å². The molecule has 2 aliphatic heterocycles. The maximum atomic E-state index is 12.6. The second-order valence-corrected chi connectivity index (χ2v) is 7.10. The van der Waals surface area contributed by atoms with E-state index in [4.69, 9.17) is 0 Å². The molecule has 6 nitrogen and oxygen atoms in total. The Morgan fingerprint density at radius 3 is 2.21 bits per heavy atom. The Bertz CT molecular complexity index is 577.